The number of halogens is 1. The van der Waals surface area contributed by atoms with Crippen molar-refractivity contribution in [1.29, 1.82) is 0 Å². The monoisotopic (exact) mass is 376 g/mol. The average molecular weight is 377 g/mol. The minimum Gasteiger partial charge on any atom is -0.325 e. The number of aromatic nitrogens is 2. The second kappa shape index (κ2) is 8.85. The van der Waals surface area contributed by atoms with E-state index in [4.69, 9.17) is 11.6 Å². The van der Waals surface area contributed by atoms with E-state index < -0.39 is 5.38 Å². The lowest BCUT2D eigenvalue weighted by atomic mass is 10.2. The van der Waals surface area contributed by atoms with Crippen molar-refractivity contribution < 1.29 is 9.59 Å². The van der Waals surface area contributed by atoms with E-state index in [-0.39, 0.29) is 11.8 Å². The highest BCUT2D eigenvalue weighted by atomic mass is 35.5. The molecule has 0 aliphatic rings. The number of hydrogen-bond donors (Lipinski definition) is 2. The van der Waals surface area contributed by atoms with Gasteiger partial charge in [0.1, 0.15) is 5.38 Å². The summed E-state index contributed by atoms with van der Waals surface area (Å²) in [5, 5.41) is 9.50. The standard InChI is InChI=1S/C19H25ClN4O2/c1-5-6-11-24-14(4)17(13(3)23-24)22-19(26)15-7-9-16(10-8-15)21-18(25)12(2)20/h7-10,12H,5-6,11H2,1-4H3,(H,21,25)(H,22,26). The third-order valence-corrected chi connectivity index (χ3v) is 4.32. The maximum atomic E-state index is 12.5. The maximum Gasteiger partial charge on any atom is 0.255 e. The van der Waals surface area contributed by atoms with Gasteiger partial charge in [-0.05, 0) is 51.5 Å². The first-order valence-corrected chi connectivity index (χ1v) is 9.17. The highest BCUT2D eigenvalue weighted by Crippen LogP contribution is 2.21. The number of anilines is 2. The van der Waals surface area contributed by atoms with Crippen LogP contribution in [0, 0.1) is 13.8 Å². The molecule has 0 fully saturated rings. The molecule has 0 aliphatic heterocycles. The molecule has 2 rings (SSSR count). The molecule has 2 N–H and O–H groups in total. The number of carbonyl (C=O) groups excluding carboxylic acids is 2. The van der Waals surface area contributed by atoms with Gasteiger partial charge in [-0.15, -0.1) is 11.6 Å². The van der Waals surface area contributed by atoms with E-state index in [0.717, 1.165) is 36.5 Å². The Morgan fingerprint density at radius 2 is 1.85 bits per heavy atom. The summed E-state index contributed by atoms with van der Waals surface area (Å²) < 4.78 is 1.93. The van der Waals surface area contributed by atoms with E-state index in [0.29, 0.717) is 11.3 Å². The first-order valence-electron chi connectivity index (χ1n) is 8.73. The van der Waals surface area contributed by atoms with Crippen LogP contribution in [0.2, 0.25) is 0 Å². The third-order valence-electron chi connectivity index (χ3n) is 4.12. The van der Waals surface area contributed by atoms with Gasteiger partial charge in [-0.3, -0.25) is 14.3 Å². The van der Waals surface area contributed by atoms with E-state index in [1.54, 1.807) is 31.2 Å². The molecule has 1 aromatic heterocycles. The van der Waals surface area contributed by atoms with Gasteiger partial charge in [0.05, 0.1) is 17.1 Å². The van der Waals surface area contributed by atoms with Crippen LogP contribution in [0.25, 0.3) is 0 Å². The summed E-state index contributed by atoms with van der Waals surface area (Å²) in [7, 11) is 0. The Balaban J connectivity index is 2.08. The predicted octanol–water partition coefficient (Wildman–Crippen LogP) is 4.12. The molecular weight excluding hydrogens is 352 g/mol. The van der Waals surface area contributed by atoms with E-state index in [1.165, 1.54) is 0 Å². The van der Waals surface area contributed by atoms with Crippen LogP contribution in [0.5, 0.6) is 0 Å². The molecular formula is C19H25ClN4O2. The normalized spacial score (nSPS) is 11.9. The minimum atomic E-state index is -0.617. The Labute approximate surface area is 158 Å². The van der Waals surface area contributed by atoms with Crippen LogP contribution in [0.3, 0.4) is 0 Å². The number of nitrogens with zero attached hydrogens (tertiary/aromatic N) is 2. The van der Waals surface area contributed by atoms with Crippen molar-refractivity contribution >= 4 is 34.8 Å². The topological polar surface area (TPSA) is 76.0 Å². The van der Waals surface area contributed by atoms with Gasteiger partial charge in [-0.1, -0.05) is 13.3 Å². The lowest BCUT2D eigenvalue weighted by Crippen LogP contribution is -2.20. The lowest BCUT2D eigenvalue weighted by molar-refractivity contribution is -0.115. The SMILES string of the molecule is CCCCn1nc(C)c(NC(=O)c2ccc(NC(=O)C(C)Cl)cc2)c1C. The van der Waals surface area contributed by atoms with E-state index in [1.807, 2.05) is 18.5 Å². The number of unbranched alkanes of at least 4 members (excludes halogenated alkanes) is 1. The van der Waals surface area contributed by atoms with Gasteiger partial charge in [0, 0.05) is 17.8 Å². The van der Waals surface area contributed by atoms with Gasteiger partial charge in [0.15, 0.2) is 0 Å². The quantitative estimate of drug-likeness (QED) is 0.713. The van der Waals surface area contributed by atoms with Crippen LogP contribution < -0.4 is 10.6 Å². The van der Waals surface area contributed by atoms with Crippen molar-refractivity contribution in [2.45, 2.75) is 52.5 Å². The zero-order valence-corrected chi connectivity index (χ0v) is 16.4. The molecule has 0 saturated heterocycles. The Morgan fingerprint density at radius 1 is 1.19 bits per heavy atom. The van der Waals surface area contributed by atoms with Crippen molar-refractivity contribution in [3.8, 4) is 0 Å². The smallest absolute Gasteiger partial charge is 0.255 e. The van der Waals surface area contributed by atoms with E-state index in [9.17, 15) is 9.59 Å². The van der Waals surface area contributed by atoms with Gasteiger partial charge in [-0.25, -0.2) is 0 Å². The zero-order valence-electron chi connectivity index (χ0n) is 15.6. The molecule has 7 heteroatoms. The molecule has 140 valence electrons. The fourth-order valence-corrected chi connectivity index (χ4v) is 2.59. The van der Waals surface area contributed by atoms with Gasteiger partial charge in [0.25, 0.3) is 5.91 Å². The molecule has 6 nitrogen and oxygen atoms in total. The Bertz CT molecular complexity index is 782. The first-order chi connectivity index (χ1) is 12.3. The summed E-state index contributed by atoms with van der Waals surface area (Å²) in [6, 6.07) is 6.68. The molecule has 1 atom stereocenters. The highest BCUT2D eigenvalue weighted by Gasteiger charge is 2.15. The van der Waals surface area contributed by atoms with Crippen LogP contribution in [-0.4, -0.2) is 27.0 Å². The largest absolute Gasteiger partial charge is 0.325 e. The Kier molecular flexibility index (Phi) is 6.80. The van der Waals surface area contributed by atoms with Crippen molar-refractivity contribution in [3.63, 3.8) is 0 Å². The summed E-state index contributed by atoms with van der Waals surface area (Å²) in [6.45, 7) is 8.42. The maximum absolute atomic E-state index is 12.5. The molecule has 1 unspecified atom stereocenters. The van der Waals surface area contributed by atoms with Crippen LogP contribution in [0.4, 0.5) is 11.4 Å². The average Bonchev–Trinajstić information content (AvgIpc) is 2.87. The molecule has 0 saturated carbocycles. The van der Waals surface area contributed by atoms with Crippen molar-refractivity contribution in [1.82, 2.24) is 9.78 Å². The summed E-state index contributed by atoms with van der Waals surface area (Å²) in [5.41, 5.74) is 3.59. The zero-order chi connectivity index (χ0) is 19.3. The number of carbonyl (C=O) groups is 2. The lowest BCUT2D eigenvalue weighted by Gasteiger charge is -2.09. The van der Waals surface area contributed by atoms with Crippen molar-refractivity contribution in [2.24, 2.45) is 0 Å². The number of alkyl halides is 1. The predicted molar refractivity (Wildman–Crippen MR) is 105 cm³/mol. The molecule has 0 bridgehead atoms. The summed E-state index contributed by atoms with van der Waals surface area (Å²) in [6.07, 6.45) is 2.13. The van der Waals surface area contributed by atoms with E-state index >= 15 is 0 Å². The van der Waals surface area contributed by atoms with Crippen molar-refractivity contribution in [2.75, 3.05) is 10.6 Å². The van der Waals surface area contributed by atoms with Gasteiger partial charge < -0.3 is 10.6 Å². The fraction of sp³-hybridized carbons (Fsp3) is 0.421. The summed E-state index contributed by atoms with van der Waals surface area (Å²) in [5.74, 6) is -0.496. The second-order valence-corrected chi connectivity index (χ2v) is 6.91. The summed E-state index contributed by atoms with van der Waals surface area (Å²) in [4.78, 5) is 24.1. The Hall–Kier alpha value is -2.34. The molecule has 1 aromatic carbocycles. The second-order valence-electron chi connectivity index (χ2n) is 6.26. The number of hydrogen-bond acceptors (Lipinski definition) is 3. The van der Waals surface area contributed by atoms with Crippen LogP contribution in [-0.2, 0) is 11.3 Å². The molecule has 2 aromatic rings. The van der Waals surface area contributed by atoms with Gasteiger partial charge >= 0.3 is 0 Å². The summed E-state index contributed by atoms with van der Waals surface area (Å²) >= 11 is 5.73. The van der Waals surface area contributed by atoms with Crippen LogP contribution in [0.15, 0.2) is 24.3 Å². The molecule has 26 heavy (non-hydrogen) atoms. The van der Waals surface area contributed by atoms with E-state index in [2.05, 4.69) is 22.7 Å². The molecule has 0 spiro atoms. The fourth-order valence-electron chi connectivity index (χ4n) is 2.54. The highest BCUT2D eigenvalue weighted by molar-refractivity contribution is 6.32. The number of benzene rings is 1. The minimum absolute atomic E-state index is 0.213. The molecule has 1 heterocycles. The van der Waals surface area contributed by atoms with Gasteiger partial charge in [0.2, 0.25) is 5.91 Å². The third kappa shape index (κ3) is 4.85. The van der Waals surface area contributed by atoms with Gasteiger partial charge in [-0.2, -0.15) is 5.10 Å². The first kappa shape index (κ1) is 20.0. The molecule has 0 aliphatic carbocycles. The number of nitrogens with one attached hydrogen (secondary N) is 2. The Morgan fingerprint density at radius 3 is 2.42 bits per heavy atom. The van der Waals surface area contributed by atoms with Crippen LogP contribution in [0.1, 0.15) is 48.4 Å². The number of rotatable bonds is 7. The van der Waals surface area contributed by atoms with Crippen LogP contribution >= 0.6 is 11.6 Å². The number of aryl methyl sites for hydroxylation is 2. The molecule has 2 amide bonds. The van der Waals surface area contributed by atoms with Crippen molar-refractivity contribution in [3.05, 3.63) is 41.2 Å². The molecule has 0 radical (unpaired) electrons. The number of amides is 2.